The SMILES string of the molecule is CC(C)N1CCC(Nc2cccc(CO)c2)C1=O. The molecule has 1 unspecified atom stereocenters. The number of aliphatic hydroxyl groups is 1. The van der Waals surface area contributed by atoms with Crippen molar-refractivity contribution >= 4 is 11.6 Å². The van der Waals surface area contributed by atoms with Gasteiger partial charge in [-0.3, -0.25) is 4.79 Å². The van der Waals surface area contributed by atoms with E-state index in [4.69, 9.17) is 5.11 Å². The Bertz CT molecular complexity index is 432. The Kier molecular flexibility index (Phi) is 3.87. The molecule has 4 heteroatoms. The van der Waals surface area contributed by atoms with Crippen LogP contribution in [0.4, 0.5) is 5.69 Å². The molecule has 1 heterocycles. The van der Waals surface area contributed by atoms with Crippen LogP contribution in [-0.2, 0) is 11.4 Å². The summed E-state index contributed by atoms with van der Waals surface area (Å²) in [4.78, 5) is 14.0. The molecule has 1 saturated heterocycles. The number of benzene rings is 1. The van der Waals surface area contributed by atoms with E-state index in [0.717, 1.165) is 24.2 Å². The fourth-order valence-electron chi connectivity index (χ4n) is 2.31. The molecule has 1 atom stereocenters. The molecule has 0 aromatic heterocycles. The van der Waals surface area contributed by atoms with Crippen molar-refractivity contribution in [1.29, 1.82) is 0 Å². The summed E-state index contributed by atoms with van der Waals surface area (Å²) in [5.41, 5.74) is 1.75. The van der Waals surface area contributed by atoms with Crippen LogP contribution in [0.1, 0.15) is 25.8 Å². The maximum Gasteiger partial charge on any atom is 0.245 e. The van der Waals surface area contributed by atoms with E-state index in [1.807, 2.05) is 43.0 Å². The van der Waals surface area contributed by atoms with E-state index < -0.39 is 0 Å². The van der Waals surface area contributed by atoms with Gasteiger partial charge >= 0.3 is 0 Å². The number of rotatable bonds is 4. The van der Waals surface area contributed by atoms with Crippen LogP contribution in [0, 0.1) is 0 Å². The number of carbonyl (C=O) groups is 1. The first-order valence-corrected chi connectivity index (χ1v) is 6.38. The molecule has 2 rings (SSSR count). The summed E-state index contributed by atoms with van der Waals surface area (Å²) in [7, 11) is 0. The molecule has 1 aliphatic heterocycles. The Balaban J connectivity index is 2.04. The minimum Gasteiger partial charge on any atom is -0.392 e. The van der Waals surface area contributed by atoms with Crippen LogP contribution in [0.3, 0.4) is 0 Å². The van der Waals surface area contributed by atoms with Gasteiger partial charge in [0.25, 0.3) is 0 Å². The van der Waals surface area contributed by atoms with Crippen LogP contribution in [0.2, 0.25) is 0 Å². The lowest BCUT2D eigenvalue weighted by Gasteiger charge is -2.21. The number of carbonyl (C=O) groups excluding carboxylic acids is 1. The maximum atomic E-state index is 12.1. The lowest BCUT2D eigenvalue weighted by molar-refractivity contribution is -0.129. The van der Waals surface area contributed by atoms with Crippen LogP contribution in [0.25, 0.3) is 0 Å². The van der Waals surface area contributed by atoms with Crippen molar-refractivity contribution < 1.29 is 9.90 Å². The standard InChI is InChI=1S/C14H20N2O2/c1-10(2)16-7-6-13(14(16)18)15-12-5-3-4-11(8-12)9-17/h3-5,8,10,13,15,17H,6-7,9H2,1-2H3. The Labute approximate surface area is 108 Å². The van der Waals surface area contributed by atoms with Crippen molar-refractivity contribution in [2.75, 3.05) is 11.9 Å². The van der Waals surface area contributed by atoms with Crippen LogP contribution in [0.5, 0.6) is 0 Å². The summed E-state index contributed by atoms with van der Waals surface area (Å²) in [5, 5.41) is 12.3. The molecule has 0 spiro atoms. The van der Waals surface area contributed by atoms with Gasteiger partial charge in [-0.1, -0.05) is 12.1 Å². The number of nitrogens with zero attached hydrogens (tertiary/aromatic N) is 1. The fraction of sp³-hybridized carbons (Fsp3) is 0.500. The van der Waals surface area contributed by atoms with E-state index in [-0.39, 0.29) is 24.6 Å². The zero-order chi connectivity index (χ0) is 13.1. The average molecular weight is 248 g/mol. The molecule has 1 aromatic carbocycles. The van der Waals surface area contributed by atoms with Gasteiger partial charge in [0.1, 0.15) is 6.04 Å². The third kappa shape index (κ3) is 2.64. The van der Waals surface area contributed by atoms with Crippen LogP contribution in [0.15, 0.2) is 24.3 Å². The Morgan fingerprint density at radius 2 is 2.28 bits per heavy atom. The van der Waals surface area contributed by atoms with E-state index in [9.17, 15) is 4.79 Å². The Morgan fingerprint density at radius 1 is 1.50 bits per heavy atom. The maximum absolute atomic E-state index is 12.1. The van der Waals surface area contributed by atoms with Crippen molar-refractivity contribution in [3.63, 3.8) is 0 Å². The summed E-state index contributed by atoms with van der Waals surface area (Å²) < 4.78 is 0. The highest BCUT2D eigenvalue weighted by Gasteiger charge is 2.32. The smallest absolute Gasteiger partial charge is 0.245 e. The highest BCUT2D eigenvalue weighted by Crippen LogP contribution is 2.19. The molecule has 2 N–H and O–H groups in total. The Morgan fingerprint density at radius 3 is 2.89 bits per heavy atom. The second kappa shape index (κ2) is 5.40. The molecular weight excluding hydrogens is 228 g/mol. The van der Waals surface area contributed by atoms with Crippen molar-refractivity contribution in [3.8, 4) is 0 Å². The number of hydrogen-bond donors (Lipinski definition) is 2. The molecule has 0 saturated carbocycles. The molecule has 0 bridgehead atoms. The predicted molar refractivity (Wildman–Crippen MR) is 71.2 cm³/mol. The molecular formula is C14H20N2O2. The van der Waals surface area contributed by atoms with Gasteiger partial charge in [0.15, 0.2) is 0 Å². The molecule has 18 heavy (non-hydrogen) atoms. The molecule has 1 aromatic rings. The van der Waals surface area contributed by atoms with Crippen LogP contribution < -0.4 is 5.32 Å². The van der Waals surface area contributed by atoms with Crippen molar-refractivity contribution in [2.45, 2.75) is 39.0 Å². The number of amides is 1. The zero-order valence-corrected chi connectivity index (χ0v) is 10.9. The fourth-order valence-corrected chi connectivity index (χ4v) is 2.31. The van der Waals surface area contributed by atoms with Crippen LogP contribution >= 0.6 is 0 Å². The monoisotopic (exact) mass is 248 g/mol. The van der Waals surface area contributed by atoms with Gasteiger partial charge in [0.2, 0.25) is 5.91 Å². The third-order valence-electron chi connectivity index (χ3n) is 3.31. The average Bonchev–Trinajstić information content (AvgIpc) is 2.71. The number of likely N-dealkylation sites (tertiary alicyclic amines) is 1. The van der Waals surface area contributed by atoms with Gasteiger partial charge in [0, 0.05) is 18.3 Å². The first-order valence-electron chi connectivity index (χ1n) is 6.38. The van der Waals surface area contributed by atoms with E-state index in [1.54, 1.807) is 0 Å². The predicted octanol–water partition coefficient (Wildman–Crippen LogP) is 1.60. The number of anilines is 1. The molecule has 1 fully saturated rings. The second-order valence-electron chi connectivity index (χ2n) is 4.97. The minimum absolute atomic E-state index is 0.0201. The highest BCUT2D eigenvalue weighted by molar-refractivity contribution is 5.87. The second-order valence-corrected chi connectivity index (χ2v) is 4.97. The highest BCUT2D eigenvalue weighted by atomic mass is 16.3. The van der Waals surface area contributed by atoms with Gasteiger partial charge in [-0.2, -0.15) is 0 Å². The number of nitrogens with one attached hydrogen (secondary N) is 1. The number of hydrogen-bond acceptors (Lipinski definition) is 3. The summed E-state index contributed by atoms with van der Waals surface area (Å²) in [6.45, 7) is 4.90. The number of aliphatic hydroxyl groups excluding tert-OH is 1. The van der Waals surface area contributed by atoms with E-state index >= 15 is 0 Å². The van der Waals surface area contributed by atoms with E-state index in [1.165, 1.54) is 0 Å². The van der Waals surface area contributed by atoms with Crippen molar-refractivity contribution in [2.24, 2.45) is 0 Å². The molecule has 0 aliphatic carbocycles. The summed E-state index contributed by atoms with van der Waals surface area (Å²) in [5.74, 6) is 0.166. The van der Waals surface area contributed by atoms with Gasteiger partial charge < -0.3 is 15.3 Å². The van der Waals surface area contributed by atoms with E-state index in [0.29, 0.717) is 0 Å². The Hall–Kier alpha value is -1.55. The molecule has 0 radical (unpaired) electrons. The third-order valence-corrected chi connectivity index (χ3v) is 3.31. The lowest BCUT2D eigenvalue weighted by atomic mass is 10.2. The molecule has 4 nitrogen and oxygen atoms in total. The largest absolute Gasteiger partial charge is 0.392 e. The van der Waals surface area contributed by atoms with Gasteiger partial charge in [-0.15, -0.1) is 0 Å². The summed E-state index contributed by atoms with van der Waals surface area (Å²) in [6.07, 6.45) is 0.834. The van der Waals surface area contributed by atoms with Crippen molar-refractivity contribution in [3.05, 3.63) is 29.8 Å². The van der Waals surface area contributed by atoms with Gasteiger partial charge in [0.05, 0.1) is 6.61 Å². The first kappa shape index (κ1) is 12.9. The summed E-state index contributed by atoms with van der Waals surface area (Å²) >= 11 is 0. The summed E-state index contributed by atoms with van der Waals surface area (Å²) in [6, 6.07) is 7.67. The van der Waals surface area contributed by atoms with E-state index in [2.05, 4.69) is 5.32 Å². The first-order chi connectivity index (χ1) is 8.61. The van der Waals surface area contributed by atoms with Gasteiger partial charge in [-0.05, 0) is 38.0 Å². The topological polar surface area (TPSA) is 52.6 Å². The van der Waals surface area contributed by atoms with Crippen molar-refractivity contribution in [1.82, 2.24) is 4.90 Å². The molecule has 1 amide bonds. The van der Waals surface area contributed by atoms with Gasteiger partial charge in [-0.25, -0.2) is 0 Å². The molecule has 98 valence electrons. The zero-order valence-electron chi connectivity index (χ0n) is 10.9. The molecule has 1 aliphatic rings. The minimum atomic E-state index is -0.138. The van der Waals surface area contributed by atoms with Crippen LogP contribution in [-0.4, -0.2) is 34.5 Å². The quantitative estimate of drug-likeness (QED) is 0.851. The normalized spacial score (nSPS) is 19.7. The lowest BCUT2D eigenvalue weighted by Crippen LogP contribution is -2.37.